The van der Waals surface area contributed by atoms with Gasteiger partial charge in [-0.15, -0.1) is 6.58 Å². The molecule has 0 N–H and O–H groups in total. The smallest absolute Gasteiger partial charge is 0.261 e. The summed E-state index contributed by atoms with van der Waals surface area (Å²) in [6.45, 7) is 16.5. The minimum Gasteiger partial charge on any atom is -0.520 e. The SMILES string of the molecule is C=CCCCCCCCC/C=C(\OC(C)(C)C)O[Si](C)(C)C. The van der Waals surface area contributed by atoms with Gasteiger partial charge in [0.2, 0.25) is 8.32 Å². The van der Waals surface area contributed by atoms with Gasteiger partial charge in [-0.1, -0.05) is 31.8 Å². The molecule has 3 heteroatoms. The van der Waals surface area contributed by atoms with Crippen LogP contribution in [0, 0.1) is 0 Å². The van der Waals surface area contributed by atoms with Crippen LogP contribution in [0.3, 0.4) is 0 Å². The van der Waals surface area contributed by atoms with Crippen molar-refractivity contribution in [2.45, 2.75) is 97.4 Å². The van der Waals surface area contributed by atoms with E-state index in [2.05, 4.69) is 53.1 Å². The third-order valence-electron chi connectivity index (χ3n) is 2.99. The average Bonchev–Trinajstić information content (AvgIpc) is 2.32. The van der Waals surface area contributed by atoms with Crippen LogP contribution in [0.25, 0.3) is 0 Å². The lowest BCUT2D eigenvalue weighted by atomic mass is 10.1. The van der Waals surface area contributed by atoms with Gasteiger partial charge in [0, 0.05) is 0 Å². The third-order valence-corrected chi connectivity index (χ3v) is 3.80. The zero-order valence-corrected chi connectivity index (χ0v) is 16.8. The fourth-order valence-electron chi connectivity index (χ4n) is 2.07. The van der Waals surface area contributed by atoms with Gasteiger partial charge in [0.1, 0.15) is 5.60 Å². The van der Waals surface area contributed by atoms with E-state index < -0.39 is 8.32 Å². The topological polar surface area (TPSA) is 18.5 Å². The second-order valence-corrected chi connectivity index (χ2v) is 12.4. The molecule has 2 nitrogen and oxygen atoms in total. The van der Waals surface area contributed by atoms with Crippen LogP contribution in [0.15, 0.2) is 24.7 Å². The molecule has 0 spiro atoms. The predicted octanol–water partition coefficient (Wildman–Crippen LogP) is 6.80. The maximum Gasteiger partial charge on any atom is 0.261 e. The Labute approximate surface area is 140 Å². The van der Waals surface area contributed by atoms with Crippen molar-refractivity contribution in [2.75, 3.05) is 0 Å². The number of unbranched alkanes of at least 4 members (excludes halogenated alkanes) is 7. The second kappa shape index (κ2) is 10.9. The van der Waals surface area contributed by atoms with Crippen LogP contribution in [0.5, 0.6) is 0 Å². The highest BCUT2D eigenvalue weighted by molar-refractivity contribution is 6.69. The number of hydrogen-bond donors (Lipinski definition) is 0. The first-order chi connectivity index (χ1) is 10.1. The lowest BCUT2D eigenvalue weighted by Gasteiger charge is -2.28. The summed E-state index contributed by atoms with van der Waals surface area (Å²) in [6, 6.07) is 0. The minimum atomic E-state index is -1.62. The van der Waals surface area contributed by atoms with Crippen molar-refractivity contribution in [1.29, 1.82) is 0 Å². The molecule has 0 radical (unpaired) electrons. The molecule has 0 unspecified atom stereocenters. The van der Waals surface area contributed by atoms with Crippen molar-refractivity contribution < 1.29 is 9.16 Å². The van der Waals surface area contributed by atoms with Crippen molar-refractivity contribution in [3.05, 3.63) is 24.7 Å². The van der Waals surface area contributed by atoms with Crippen LogP contribution in [0.4, 0.5) is 0 Å². The zero-order valence-electron chi connectivity index (χ0n) is 15.8. The molecule has 0 fully saturated rings. The fraction of sp³-hybridized carbons (Fsp3) is 0.789. The molecule has 0 aromatic rings. The van der Waals surface area contributed by atoms with Gasteiger partial charge in [-0.05, 0) is 72.2 Å². The summed E-state index contributed by atoms with van der Waals surface area (Å²) in [6.07, 6.45) is 14.2. The first kappa shape index (κ1) is 21.3. The molecule has 0 aromatic carbocycles. The first-order valence-corrected chi connectivity index (χ1v) is 12.2. The van der Waals surface area contributed by atoms with Gasteiger partial charge >= 0.3 is 0 Å². The molecule has 0 aromatic heterocycles. The molecule has 0 atom stereocenters. The Kier molecular flexibility index (Phi) is 10.6. The van der Waals surface area contributed by atoms with Crippen molar-refractivity contribution >= 4 is 8.32 Å². The molecule has 0 aliphatic carbocycles. The molecule has 0 bridgehead atoms. The van der Waals surface area contributed by atoms with E-state index in [0.717, 1.165) is 18.8 Å². The quantitative estimate of drug-likeness (QED) is 0.170. The van der Waals surface area contributed by atoms with E-state index >= 15 is 0 Å². The van der Waals surface area contributed by atoms with Gasteiger partial charge in [-0.25, -0.2) is 0 Å². The normalized spacial score (nSPS) is 13.1. The molecule has 0 aliphatic rings. The largest absolute Gasteiger partial charge is 0.520 e. The summed E-state index contributed by atoms with van der Waals surface area (Å²) in [5, 5.41) is 0. The highest BCUT2D eigenvalue weighted by Gasteiger charge is 2.22. The van der Waals surface area contributed by atoms with Gasteiger partial charge in [-0.3, -0.25) is 0 Å². The molecule has 0 saturated heterocycles. The lowest BCUT2D eigenvalue weighted by Crippen LogP contribution is -2.29. The Bertz CT molecular complexity index is 303. The van der Waals surface area contributed by atoms with Gasteiger partial charge in [-0.2, -0.15) is 0 Å². The maximum absolute atomic E-state index is 6.05. The van der Waals surface area contributed by atoms with E-state index in [4.69, 9.17) is 9.16 Å². The fourth-order valence-corrected chi connectivity index (χ4v) is 2.80. The van der Waals surface area contributed by atoms with Crippen molar-refractivity contribution in [3.8, 4) is 0 Å². The summed E-state index contributed by atoms with van der Waals surface area (Å²) in [7, 11) is -1.62. The Hall–Kier alpha value is -0.703. The van der Waals surface area contributed by atoms with E-state index in [-0.39, 0.29) is 5.60 Å². The summed E-state index contributed by atoms with van der Waals surface area (Å²) in [5.41, 5.74) is -0.198. The van der Waals surface area contributed by atoms with Crippen LogP contribution in [-0.4, -0.2) is 13.9 Å². The van der Waals surface area contributed by atoms with E-state index in [1.54, 1.807) is 0 Å². The number of hydrogen-bond acceptors (Lipinski definition) is 2. The van der Waals surface area contributed by atoms with Crippen LogP contribution in [0.1, 0.15) is 72.1 Å². The van der Waals surface area contributed by atoms with Crippen LogP contribution < -0.4 is 0 Å². The standard InChI is InChI=1S/C19H38O2Si/c1-8-9-10-11-12-13-14-15-16-17-18(20-19(2,3)4)21-22(5,6)7/h8,17H,1,9-16H2,2-7H3/b18-17+. The molecule has 0 heterocycles. The first-order valence-electron chi connectivity index (χ1n) is 8.83. The molecular formula is C19H38O2Si. The van der Waals surface area contributed by atoms with Gasteiger partial charge in [0.25, 0.3) is 5.95 Å². The van der Waals surface area contributed by atoms with Crippen LogP contribution in [-0.2, 0) is 9.16 Å². The predicted molar refractivity (Wildman–Crippen MR) is 100 cm³/mol. The minimum absolute atomic E-state index is 0.198. The highest BCUT2D eigenvalue weighted by Crippen LogP contribution is 2.20. The molecule has 0 saturated carbocycles. The van der Waals surface area contributed by atoms with E-state index in [9.17, 15) is 0 Å². The summed E-state index contributed by atoms with van der Waals surface area (Å²) in [5.74, 6) is 0.734. The molecule has 0 aliphatic heterocycles. The average molecular weight is 327 g/mol. The van der Waals surface area contributed by atoms with Crippen molar-refractivity contribution in [1.82, 2.24) is 0 Å². The van der Waals surface area contributed by atoms with E-state index in [1.165, 1.54) is 38.5 Å². The molecular weight excluding hydrogens is 288 g/mol. The molecule has 22 heavy (non-hydrogen) atoms. The monoisotopic (exact) mass is 326 g/mol. The number of ether oxygens (including phenoxy) is 1. The number of allylic oxidation sites excluding steroid dienone is 2. The van der Waals surface area contributed by atoms with E-state index in [1.807, 2.05) is 6.08 Å². The molecule has 0 amide bonds. The maximum atomic E-state index is 6.05. The van der Waals surface area contributed by atoms with Gasteiger partial charge in [0.15, 0.2) is 0 Å². The van der Waals surface area contributed by atoms with Crippen molar-refractivity contribution in [2.24, 2.45) is 0 Å². The lowest BCUT2D eigenvalue weighted by molar-refractivity contribution is -0.00908. The van der Waals surface area contributed by atoms with Crippen LogP contribution in [0.2, 0.25) is 19.6 Å². The van der Waals surface area contributed by atoms with Gasteiger partial charge in [0.05, 0.1) is 0 Å². The summed E-state index contributed by atoms with van der Waals surface area (Å²) in [4.78, 5) is 0. The molecule has 130 valence electrons. The summed E-state index contributed by atoms with van der Waals surface area (Å²) >= 11 is 0. The Balaban J connectivity index is 4.02. The summed E-state index contributed by atoms with van der Waals surface area (Å²) < 4.78 is 12.0. The van der Waals surface area contributed by atoms with Crippen molar-refractivity contribution in [3.63, 3.8) is 0 Å². The van der Waals surface area contributed by atoms with Gasteiger partial charge < -0.3 is 9.16 Å². The second-order valence-electron chi connectivity index (χ2n) is 7.94. The van der Waals surface area contributed by atoms with E-state index in [0.29, 0.717) is 0 Å². The Morgan fingerprint density at radius 2 is 1.41 bits per heavy atom. The highest BCUT2D eigenvalue weighted by atomic mass is 28.4. The third kappa shape index (κ3) is 15.7. The van der Waals surface area contributed by atoms with Crippen LogP contribution >= 0.6 is 0 Å². The number of rotatable bonds is 12. The Morgan fingerprint density at radius 3 is 1.86 bits per heavy atom. The molecule has 0 rings (SSSR count). The zero-order chi connectivity index (χ0) is 17.1. The Morgan fingerprint density at radius 1 is 0.909 bits per heavy atom.